The summed E-state index contributed by atoms with van der Waals surface area (Å²) in [5.74, 6) is 0.609. The van der Waals surface area contributed by atoms with Crippen LogP contribution in [0, 0.1) is 0 Å². The van der Waals surface area contributed by atoms with Crippen molar-refractivity contribution in [2.75, 3.05) is 37.8 Å². The van der Waals surface area contributed by atoms with E-state index in [0.717, 1.165) is 35.5 Å². The summed E-state index contributed by atoms with van der Waals surface area (Å²) in [6, 6.07) is 11.1. The third kappa shape index (κ3) is 6.00. The summed E-state index contributed by atoms with van der Waals surface area (Å²) in [6.07, 6.45) is 2.63. The van der Waals surface area contributed by atoms with Crippen molar-refractivity contribution in [1.82, 2.24) is 9.88 Å². The number of rotatable bonds is 7. The maximum absolute atomic E-state index is 12.2. The van der Waals surface area contributed by atoms with E-state index in [1.54, 1.807) is 12.3 Å². The van der Waals surface area contributed by atoms with E-state index in [9.17, 15) is 4.79 Å². The summed E-state index contributed by atoms with van der Waals surface area (Å²) in [6.45, 7) is 1.88. The summed E-state index contributed by atoms with van der Waals surface area (Å²) >= 11 is 3.38. The molecule has 0 aliphatic heterocycles. The number of pyridine rings is 1. The van der Waals surface area contributed by atoms with Crippen LogP contribution in [0.15, 0.2) is 47.1 Å². The average molecular weight is 377 g/mol. The number of hydrogen-bond donors (Lipinski definition) is 2. The van der Waals surface area contributed by atoms with E-state index in [1.807, 2.05) is 30.3 Å². The minimum Gasteiger partial charge on any atom is -0.370 e. The van der Waals surface area contributed by atoms with E-state index >= 15 is 0 Å². The molecular weight excluding hydrogens is 356 g/mol. The van der Waals surface area contributed by atoms with Crippen molar-refractivity contribution in [1.29, 1.82) is 0 Å². The van der Waals surface area contributed by atoms with Crippen LogP contribution in [-0.2, 0) is 0 Å². The minimum atomic E-state index is -0.172. The Kier molecular flexibility index (Phi) is 6.55. The van der Waals surface area contributed by atoms with Gasteiger partial charge < -0.3 is 15.5 Å². The van der Waals surface area contributed by atoms with Crippen molar-refractivity contribution in [2.45, 2.75) is 6.42 Å². The molecule has 122 valence electrons. The molecule has 23 heavy (non-hydrogen) atoms. The second-order valence-electron chi connectivity index (χ2n) is 5.48. The summed E-state index contributed by atoms with van der Waals surface area (Å²) in [5.41, 5.74) is 1.28. The molecule has 5 nitrogen and oxygen atoms in total. The van der Waals surface area contributed by atoms with Crippen LogP contribution in [0.5, 0.6) is 0 Å². The van der Waals surface area contributed by atoms with Gasteiger partial charge in [0.15, 0.2) is 0 Å². The Morgan fingerprint density at radius 1 is 1.26 bits per heavy atom. The fourth-order valence-corrected chi connectivity index (χ4v) is 2.41. The van der Waals surface area contributed by atoms with E-state index in [0.29, 0.717) is 5.56 Å². The lowest BCUT2D eigenvalue weighted by molar-refractivity contribution is 0.102. The molecule has 0 radical (unpaired) electrons. The molecule has 0 atom stereocenters. The molecule has 2 rings (SSSR count). The van der Waals surface area contributed by atoms with Crippen LogP contribution in [0.1, 0.15) is 16.8 Å². The van der Waals surface area contributed by atoms with Gasteiger partial charge in [-0.1, -0.05) is 22.0 Å². The van der Waals surface area contributed by atoms with E-state index in [4.69, 9.17) is 0 Å². The number of anilines is 2. The zero-order chi connectivity index (χ0) is 16.7. The molecule has 1 aromatic carbocycles. The van der Waals surface area contributed by atoms with Crippen LogP contribution in [0.2, 0.25) is 0 Å². The molecule has 0 saturated carbocycles. The normalized spacial score (nSPS) is 10.6. The van der Waals surface area contributed by atoms with Crippen molar-refractivity contribution in [3.8, 4) is 0 Å². The molecule has 2 aromatic rings. The van der Waals surface area contributed by atoms with Gasteiger partial charge in [-0.15, -0.1) is 0 Å². The van der Waals surface area contributed by atoms with Crippen LogP contribution in [0.25, 0.3) is 0 Å². The highest BCUT2D eigenvalue weighted by Crippen LogP contribution is 2.16. The van der Waals surface area contributed by atoms with E-state index in [2.05, 4.69) is 50.5 Å². The second-order valence-corrected chi connectivity index (χ2v) is 6.40. The molecule has 0 aliphatic carbocycles. The number of aromatic nitrogens is 1. The number of carbonyl (C=O) groups is 1. The number of hydrogen-bond acceptors (Lipinski definition) is 4. The lowest BCUT2D eigenvalue weighted by Crippen LogP contribution is -2.17. The fraction of sp³-hybridized carbons (Fsp3) is 0.294. The standard InChI is InChI=1S/C17H21BrN4O/c1-22(2)10-4-9-19-16-8-7-13(12-20-16)17(23)21-15-6-3-5-14(18)11-15/h3,5-8,11-12H,4,9-10H2,1-2H3,(H,19,20)(H,21,23). The Bertz CT molecular complexity index is 643. The van der Waals surface area contributed by atoms with Gasteiger partial charge in [-0.2, -0.15) is 0 Å². The zero-order valence-electron chi connectivity index (χ0n) is 13.3. The second kappa shape index (κ2) is 8.64. The van der Waals surface area contributed by atoms with E-state index in [-0.39, 0.29) is 5.91 Å². The van der Waals surface area contributed by atoms with Gasteiger partial charge in [0.25, 0.3) is 5.91 Å². The van der Waals surface area contributed by atoms with Crippen LogP contribution in [-0.4, -0.2) is 43.0 Å². The SMILES string of the molecule is CN(C)CCCNc1ccc(C(=O)Nc2cccc(Br)c2)cn1. The molecular formula is C17H21BrN4O. The minimum absolute atomic E-state index is 0.172. The third-order valence-corrected chi connectivity index (χ3v) is 3.69. The van der Waals surface area contributed by atoms with Gasteiger partial charge >= 0.3 is 0 Å². The van der Waals surface area contributed by atoms with Gasteiger partial charge in [0.05, 0.1) is 5.56 Å². The molecule has 1 heterocycles. The van der Waals surface area contributed by atoms with Crippen LogP contribution in [0.4, 0.5) is 11.5 Å². The van der Waals surface area contributed by atoms with E-state index < -0.39 is 0 Å². The Morgan fingerprint density at radius 2 is 2.09 bits per heavy atom. The van der Waals surface area contributed by atoms with E-state index in [1.165, 1.54) is 0 Å². The van der Waals surface area contributed by atoms with Crippen molar-refractivity contribution < 1.29 is 4.79 Å². The molecule has 0 aliphatic rings. The highest BCUT2D eigenvalue weighted by atomic mass is 79.9. The summed E-state index contributed by atoms with van der Waals surface area (Å²) in [7, 11) is 4.11. The Balaban J connectivity index is 1.87. The Labute approximate surface area is 145 Å². The molecule has 0 unspecified atom stereocenters. The first-order chi connectivity index (χ1) is 11.0. The fourth-order valence-electron chi connectivity index (χ4n) is 2.01. The maximum Gasteiger partial charge on any atom is 0.257 e. The summed E-state index contributed by atoms with van der Waals surface area (Å²) in [4.78, 5) is 18.6. The molecule has 1 aromatic heterocycles. The molecule has 1 amide bonds. The highest BCUT2D eigenvalue weighted by Gasteiger charge is 2.07. The van der Waals surface area contributed by atoms with Gasteiger partial charge in [0.1, 0.15) is 5.82 Å². The summed E-state index contributed by atoms with van der Waals surface area (Å²) in [5, 5.41) is 6.10. The molecule has 6 heteroatoms. The first kappa shape index (κ1) is 17.4. The van der Waals surface area contributed by atoms with Gasteiger partial charge in [-0.25, -0.2) is 4.98 Å². The zero-order valence-corrected chi connectivity index (χ0v) is 14.9. The monoisotopic (exact) mass is 376 g/mol. The highest BCUT2D eigenvalue weighted by molar-refractivity contribution is 9.10. The van der Waals surface area contributed by atoms with Crippen molar-refractivity contribution >= 4 is 33.3 Å². The molecule has 0 fully saturated rings. The molecule has 0 spiro atoms. The van der Waals surface area contributed by atoms with Gasteiger partial charge in [0.2, 0.25) is 0 Å². The van der Waals surface area contributed by atoms with Crippen LogP contribution < -0.4 is 10.6 Å². The number of carbonyl (C=O) groups excluding carboxylic acids is 1. The summed E-state index contributed by atoms with van der Waals surface area (Å²) < 4.78 is 0.922. The van der Waals surface area contributed by atoms with Gasteiger partial charge in [0, 0.05) is 22.9 Å². The predicted molar refractivity (Wildman–Crippen MR) is 98.0 cm³/mol. The first-order valence-electron chi connectivity index (χ1n) is 7.46. The van der Waals surface area contributed by atoms with Gasteiger partial charge in [-0.3, -0.25) is 4.79 Å². The first-order valence-corrected chi connectivity index (χ1v) is 8.25. The Morgan fingerprint density at radius 3 is 2.74 bits per heavy atom. The third-order valence-electron chi connectivity index (χ3n) is 3.20. The van der Waals surface area contributed by atoms with Crippen molar-refractivity contribution in [3.05, 3.63) is 52.6 Å². The van der Waals surface area contributed by atoms with Crippen LogP contribution >= 0.6 is 15.9 Å². The lowest BCUT2D eigenvalue weighted by Gasteiger charge is -2.10. The topological polar surface area (TPSA) is 57.3 Å². The predicted octanol–water partition coefficient (Wildman–Crippen LogP) is 3.46. The molecule has 0 bridgehead atoms. The molecule has 2 N–H and O–H groups in total. The number of nitrogens with zero attached hydrogens (tertiary/aromatic N) is 2. The largest absolute Gasteiger partial charge is 0.370 e. The van der Waals surface area contributed by atoms with Crippen molar-refractivity contribution in [3.63, 3.8) is 0 Å². The number of halogens is 1. The van der Waals surface area contributed by atoms with Crippen molar-refractivity contribution in [2.24, 2.45) is 0 Å². The number of nitrogens with one attached hydrogen (secondary N) is 2. The quantitative estimate of drug-likeness (QED) is 0.726. The maximum atomic E-state index is 12.2. The van der Waals surface area contributed by atoms with Gasteiger partial charge in [-0.05, 0) is 57.4 Å². The molecule has 0 saturated heterocycles. The smallest absolute Gasteiger partial charge is 0.257 e. The number of amides is 1. The Hall–Kier alpha value is -1.92. The average Bonchev–Trinajstić information content (AvgIpc) is 2.52. The number of benzene rings is 1. The lowest BCUT2D eigenvalue weighted by atomic mass is 10.2. The van der Waals surface area contributed by atoms with Crippen LogP contribution in [0.3, 0.4) is 0 Å².